The molecule has 1 amide bonds. The first kappa shape index (κ1) is 21.7. The van der Waals surface area contributed by atoms with E-state index in [0.29, 0.717) is 34.3 Å². The second kappa shape index (κ2) is 9.31. The van der Waals surface area contributed by atoms with Gasteiger partial charge in [0.2, 0.25) is 5.91 Å². The highest BCUT2D eigenvalue weighted by atomic mass is 19.1. The Kier molecular flexibility index (Phi) is 6.31. The van der Waals surface area contributed by atoms with Crippen LogP contribution in [-0.4, -0.2) is 49.1 Å². The van der Waals surface area contributed by atoms with E-state index in [-0.39, 0.29) is 30.6 Å². The van der Waals surface area contributed by atoms with Crippen molar-refractivity contribution in [3.8, 4) is 17.0 Å². The zero-order chi connectivity index (χ0) is 22.7. The lowest BCUT2D eigenvalue weighted by molar-refractivity contribution is -0.116. The van der Waals surface area contributed by atoms with Gasteiger partial charge in [0.05, 0.1) is 37.4 Å². The molecular weight excluding hydrogens is 415 g/mol. The van der Waals surface area contributed by atoms with E-state index in [1.807, 2.05) is 0 Å². The highest BCUT2D eigenvalue weighted by molar-refractivity contribution is 5.99. The fraction of sp³-hybridized carbons (Fsp3) is 0.364. The summed E-state index contributed by atoms with van der Waals surface area (Å²) in [5.74, 6) is 0.0852. The maximum Gasteiger partial charge on any atom is 0.225 e. The molecule has 0 saturated carbocycles. The predicted molar refractivity (Wildman–Crippen MR) is 118 cm³/mol. The first-order valence-electron chi connectivity index (χ1n) is 10.5. The summed E-state index contributed by atoms with van der Waals surface area (Å²) >= 11 is 0. The number of carbonyl (C=O) groups is 1. The summed E-state index contributed by atoms with van der Waals surface area (Å²) in [5, 5.41) is 21.2. The van der Waals surface area contributed by atoms with Crippen molar-refractivity contribution >= 4 is 28.3 Å². The van der Waals surface area contributed by atoms with Gasteiger partial charge < -0.3 is 15.2 Å². The first-order chi connectivity index (χ1) is 15.5. The van der Waals surface area contributed by atoms with Crippen molar-refractivity contribution in [2.24, 2.45) is 0 Å². The van der Waals surface area contributed by atoms with E-state index < -0.39 is 5.82 Å². The van der Waals surface area contributed by atoms with Gasteiger partial charge in [-0.25, -0.2) is 18.6 Å². The number of anilines is 1. The molecule has 4 rings (SSSR count). The van der Waals surface area contributed by atoms with E-state index in [0.717, 1.165) is 19.3 Å². The van der Waals surface area contributed by atoms with Crippen molar-refractivity contribution in [3.05, 3.63) is 36.4 Å². The summed E-state index contributed by atoms with van der Waals surface area (Å²) in [5.41, 5.74) is 1.58. The van der Waals surface area contributed by atoms with Crippen LogP contribution in [0.2, 0.25) is 0 Å². The number of hydrogen-bond donors (Lipinski definition) is 2. The van der Waals surface area contributed by atoms with Crippen LogP contribution in [0.15, 0.2) is 30.6 Å². The van der Waals surface area contributed by atoms with Crippen molar-refractivity contribution in [3.63, 3.8) is 0 Å². The van der Waals surface area contributed by atoms with Gasteiger partial charge in [-0.1, -0.05) is 19.8 Å². The normalized spacial score (nSPS) is 11.4. The molecule has 0 unspecified atom stereocenters. The highest BCUT2D eigenvalue weighted by Gasteiger charge is 2.20. The van der Waals surface area contributed by atoms with Crippen molar-refractivity contribution in [2.75, 3.05) is 19.0 Å². The van der Waals surface area contributed by atoms with E-state index in [1.54, 1.807) is 30.0 Å². The molecule has 4 aromatic rings. The van der Waals surface area contributed by atoms with Crippen LogP contribution in [0.25, 0.3) is 27.8 Å². The number of aliphatic hydroxyl groups is 1. The molecule has 32 heavy (non-hydrogen) atoms. The van der Waals surface area contributed by atoms with Gasteiger partial charge in [0.1, 0.15) is 11.4 Å². The monoisotopic (exact) mass is 440 g/mol. The average Bonchev–Trinajstić information content (AvgIpc) is 3.34. The molecule has 0 fully saturated rings. The van der Waals surface area contributed by atoms with Crippen LogP contribution in [0, 0.1) is 5.82 Å². The van der Waals surface area contributed by atoms with E-state index in [1.165, 1.54) is 16.9 Å². The molecule has 0 aliphatic rings. The number of ether oxygens (including phenoxy) is 1. The Morgan fingerprint density at radius 1 is 1.31 bits per heavy atom. The number of hydrogen-bond acceptors (Lipinski definition) is 6. The zero-order valence-electron chi connectivity index (χ0n) is 18.0. The van der Waals surface area contributed by atoms with Crippen molar-refractivity contribution in [2.45, 2.75) is 39.2 Å². The second-order valence-corrected chi connectivity index (χ2v) is 7.45. The quantitative estimate of drug-likeness (QED) is 0.386. The minimum Gasteiger partial charge on any atom is -0.497 e. The zero-order valence-corrected chi connectivity index (χ0v) is 18.0. The molecule has 0 aliphatic carbocycles. The molecule has 0 spiro atoms. The molecular formula is C22H25FN6O3. The molecule has 0 bridgehead atoms. The fourth-order valence-corrected chi connectivity index (χ4v) is 3.60. The number of methoxy groups -OCH3 is 1. The summed E-state index contributed by atoms with van der Waals surface area (Å²) in [6.45, 7) is 2.04. The lowest BCUT2D eigenvalue weighted by atomic mass is 10.1. The smallest absolute Gasteiger partial charge is 0.225 e. The SMILES string of the molecule is CCCCCC(=O)Nc1nn(CCO)c2nc(-c3cnn4ccc(OC)cc34)c(F)cc12. The number of aliphatic hydroxyl groups excluding tert-OH is 1. The minimum atomic E-state index is -0.569. The van der Waals surface area contributed by atoms with Gasteiger partial charge in [-0.15, -0.1) is 0 Å². The van der Waals surface area contributed by atoms with Crippen molar-refractivity contribution in [1.29, 1.82) is 0 Å². The van der Waals surface area contributed by atoms with Gasteiger partial charge in [0.15, 0.2) is 17.3 Å². The van der Waals surface area contributed by atoms with Crippen LogP contribution in [0.1, 0.15) is 32.6 Å². The molecule has 0 saturated heterocycles. The third-order valence-electron chi connectivity index (χ3n) is 5.24. The summed E-state index contributed by atoms with van der Waals surface area (Å²) < 4.78 is 23.6. The minimum absolute atomic E-state index is 0.0978. The molecule has 4 heterocycles. The predicted octanol–water partition coefficient (Wildman–Crippen LogP) is 3.40. The maximum absolute atomic E-state index is 15.2. The van der Waals surface area contributed by atoms with Crippen LogP contribution in [0.4, 0.5) is 10.2 Å². The maximum atomic E-state index is 15.2. The Balaban J connectivity index is 1.77. The Morgan fingerprint density at radius 2 is 2.16 bits per heavy atom. The van der Waals surface area contributed by atoms with Crippen molar-refractivity contribution < 1.29 is 19.0 Å². The fourth-order valence-electron chi connectivity index (χ4n) is 3.60. The molecule has 0 atom stereocenters. The number of amides is 1. The number of carbonyl (C=O) groups excluding carboxylic acids is 1. The Morgan fingerprint density at radius 3 is 2.91 bits per heavy atom. The molecule has 4 aromatic heterocycles. The number of aromatic nitrogens is 5. The molecule has 168 valence electrons. The van der Waals surface area contributed by atoms with Crippen LogP contribution in [0.3, 0.4) is 0 Å². The van der Waals surface area contributed by atoms with Gasteiger partial charge in [-0.05, 0) is 18.6 Å². The Bertz CT molecular complexity index is 1270. The van der Waals surface area contributed by atoms with Gasteiger partial charge in [0.25, 0.3) is 0 Å². The van der Waals surface area contributed by atoms with E-state index in [4.69, 9.17) is 4.74 Å². The van der Waals surface area contributed by atoms with Crippen LogP contribution in [-0.2, 0) is 11.3 Å². The van der Waals surface area contributed by atoms with Crippen LogP contribution >= 0.6 is 0 Å². The number of unbranched alkanes of at least 4 members (excludes halogenated alkanes) is 2. The van der Waals surface area contributed by atoms with Gasteiger partial charge in [-0.3, -0.25) is 4.79 Å². The molecule has 10 heteroatoms. The summed E-state index contributed by atoms with van der Waals surface area (Å²) in [6.07, 6.45) is 6.35. The molecule has 0 aliphatic heterocycles. The molecule has 2 N–H and O–H groups in total. The van der Waals surface area contributed by atoms with E-state index >= 15 is 4.39 Å². The number of fused-ring (bicyclic) bond motifs is 2. The van der Waals surface area contributed by atoms with Crippen LogP contribution < -0.4 is 10.1 Å². The van der Waals surface area contributed by atoms with E-state index in [9.17, 15) is 9.90 Å². The first-order valence-corrected chi connectivity index (χ1v) is 10.5. The Labute approximate surface area is 183 Å². The largest absolute Gasteiger partial charge is 0.497 e. The average molecular weight is 440 g/mol. The number of pyridine rings is 2. The summed E-state index contributed by atoms with van der Waals surface area (Å²) in [4.78, 5) is 16.8. The molecule has 9 nitrogen and oxygen atoms in total. The third kappa shape index (κ3) is 4.13. The molecule has 0 radical (unpaired) electrons. The summed E-state index contributed by atoms with van der Waals surface area (Å²) in [6, 6.07) is 4.81. The van der Waals surface area contributed by atoms with Crippen molar-refractivity contribution in [1.82, 2.24) is 24.4 Å². The lowest BCUT2D eigenvalue weighted by Crippen LogP contribution is -2.12. The number of rotatable bonds is 9. The van der Waals surface area contributed by atoms with Gasteiger partial charge >= 0.3 is 0 Å². The summed E-state index contributed by atoms with van der Waals surface area (Å²) in [7, 11) is 1.55. The second-order valence-electron chi connectivity index (χ2n) is 7.45. The Hall–Kier alpha value is -3.53. The number of nitrogens with zero attached hydrogens (tertiary/aromatic N) is 5. The topological polar surface area (TPSA) is 107 Å². The third-order valence-corrected chi connectivity index (χ3v) is 5.24. The van der Waals surface area contributed by atoms with Gasteiger partial charge in [0, 0.05) is 24.2 Å². The standard InChI is InChI=1S/C22H25FN6O3/c1-3-4-5-6-19(31)25-21-15-12-17(23)20(26-22(15)29(27-21)9-10-30)16-13-24-28-8-7-14(32-2)11-18(16)28/h7-8,11-13,30H,3-6,9-10H2,1-2H3,(H,25,27,31). The number of nitrogens with one attached hydrogen (secondary N) is 1. The van der Waals surface area contributed by atoms with E-state index in [2.05, 4.69) is 27.4 Å². The number of halogens is 1. The lowest BCUT2D eigenvalue weighted by Gasteiger charge is -2.05. The van der Waals surface area contributed by atoms with Gasteiger partial charge in [-0.2, -0.15) is 10.2 Å². The van der Waals surface area contributed by atoms with Crippen LogP contribution in [0.5, 0.6) is 5.75 Å². The molecule has 0 aromatic carbocycles. The highest BCUT2D eigenvalue weighted by Crippen LogP contribution is 2.32.